The summed E-state index contributed by atoms with van der Waals surface area (Å²) in [5.41, 5.74) is 5.31. The lowest BCUT2D eigenvalue weighted by Crippen LogP contribution is -2.17. The predicted molar refractivity (Wildman–Crippen MR) is 42.2 cm³/mol. The molecule has 1 unspecified atom stereocenters. The highest BCUT2D eigenvalue weighted by molar-refractivity contribution is 5.74. The van der Waals surface area contributed by atoms with Crippen molar-refractivity contribution in [2.75, 3.05) is 13.2 Å². The number of hydrogen-bond acceptors (Lipinski definition) is 3. The van der Waals surface area contributed by atoms with E-state index in [9.17, 15) is 0 Å². The first-order valence-electron chi connectivity index (χ1n) is 3.63. The van der Waals surface area contributed by atoms with Crippen LogP contribution in [-0.2, 0) is 4.74 Å². The molecule has 0 spiro atoms. The average molecular weight is 144 g/mol. The van der Waals surface area contributed by atoms with Crippen LogP contribution in [0, 0.1) is 11.3 Å². The van der Waals surface area contributed by atoms with E-state index in [-0.39, 0.29) is 5.92 Å². The molecule has 0 saturated heterocycles. The summed E-state index contributed by atoms with van der Waals surface area (Å²) in [5.74, 6) is 0.526. The molecule has 0 aromatic heterocycles. The summed E-state index contributed by atoms with van der Waals surface area (Å²) in [4.78, 5) is 0. The summed E-state index contributed by atoms with van der Waals surface area (Å²) in [7, 11) is 0. The van der Waals surface area contributed by atoms with Crippen LogP contribution in [0.15, 0.2) is 0 Å². The zero-order chi connectivity index (χ0) is 7.98. The molecule has 60 valence electrons. The molecule has 3 nitrogen and oxygen atoms in total. The first-order valence-corrected chi connectivity index (χ1v) is 3.63. The maximum atomic E-state index is 7.32. The van der Waals surface area contributed by atoms with Gasteiger partial charge < -0.3 is 10.5 Å². The van der Waals surface area contributed by atoms with Gasteiger partial charge in [0.15, 0.2) is 5.90 Å². The van der Waals surface area contributed by atoms with Gasteiger partial charge in [0.1, 0.15) is 0 Å². The van der Waals surface area contributed by atoms with Gasteiger partial charge in [0.05, 0.1) is 6.61 Å². The molecule has 0 aliphatic heterocycles. The summed E-state index contributed by atoms with van der Waals surface area (Å²) in [6.45, 7) is 5.03. The molecule has 0 aliphatic rings. The lowest BCUT2D eigenvalue weighted by Gasteiger charge is -2.10. The Balaban J connectivity index is 3.49. The van der Waals surface area contributed by atoms with Crippen LogP contribution in [0.2, 0.25) is 0 Å². The molecular formula is C7H16N2O. The van der Waals surface area contributed by atoms with E-state index in [1.54, 1.807) is 0 Å². The Morgan fingerprint density at radius 3 is 2.70 bits per heavy atom. The standard InChI is InChI=1S/C7H16N2O/c1-3-10-7(9)6(2)4-5-8/h6,9H,3-5,8H2,1-2H3. The van der Waals surface area contributed by atoms with Gasteiger partial charge in [-0.3, -0.25) is 5.41 Å². The Morgan fingerprint density at radius 2 is 2.30 bits per heavy atom. The smallest absolute Gasteiger partial charge is 0.183 e. The molecular weight excluding hydrogens is 128 g/mol. The third kappa shape index (κ3) is 3.45. The highest BCUT2D eigenvalue weighted by Gasteiger charge is 2.07. The monoisotopic (exact) mass is 144 g/mol. The maximum absolute atomic E-state index is 7.32. The molecule has 0 radical (unpaired) electrons. The summed E-state index contributed by atoms with van der Waals surface area (Å²) >= 11 is 0. The molecule has 0 aromatic carbocycles. The Morgan fingerprint density at radius 1 is 1.70 bits per heavy atom. The topological polar surface area (TPSA) is 59.1 Å². The molecule has 0 bridgehead atoms. The first-order chi connectivity index (χ1) is 4.72. The average Bonchev–Trinajstić information content (AvgIpc) is 1.89. The molecule has 0 heterocycles. The van der Waals surface area contributed by atoms with Gasteiger partial charge in [0.2, 0.25) is 0 Å². The van der Waals surface area contributed by atoms with Gasteiger partial charge in [0.25, 0.3) is 0 Å². The zero-order valence-electron chi connectivity index (χ0n) is 6.68. The molecule has 0 fully saturated rings. The van der Waals surface area contributed by atoms with Gasteiger partial charge in [-0.1, -0.05) is 6.92 Å². The first kappa shape index (κ1) is 9.43. The Labute approximate surface area is 62.1 Å². The third-order valence-corrected chi connectivity index (χ3v) is 1.35. The van der Waals surface area contributed by atoms with Crippen LogP contribution in [0.3, 0.4) is 0 Å². The fourth-order valence-electron chi connectivity index (χ4n) is 0.679. The fourth-order valence-corrected chi connectivity index (χ4v) is 0.679. The summed E-state index contributed by atoms with van der Waals surface area (Å²) < 4.78 is 4.98. The van der Waals surface area contributed by atoms with E-state index in [1.807, 2.05) is 13.8 Å². The fraction of sp³-hybridized carbons (Fsp3) is 0.857. The van der Waals surface area contributed by atoms with E-state index < -0.39 is 0 Å². The lowest BCUT2D eigenvalue weighted by atomic mass is 10.1. The van der Waals surface area contributed by atoms with Crippen molar-refractivity contribution in [1.82, 2.24) is 0 Å². The predicted octanol–water partition coefficient (Wildman–Crippen LogP) is 0.985. The quantitative estimate of drug-likeness (QED) is 0.456. The van der Waals surface area contributed by atoms with E-state index in [0.717, 1.165) is 6.42 Å². The summed E-state index contributed by atoms with van der Waals surface area (Å²) in [5, 5.41) is 7.32. The zero-order valence-corrected chi connectivity index (χ0v) is 6.68. The number of hydrogen-bond donors (Lipinski definition) is 2. The van der Waals surface area contributed by atoms with Crippen molar-refractivity contribution in [3.05, 3.63) is 0 Å². The van der Waals surface area contributed by atoms with Crippen molar-refractivity contribution in [1.29, 1.82) is 5.41 Å². The molecule has 0 saturated carbocycles. The molecule has 1 atom stereocenters. The van der Waals surface area contributed by atoms with E-state index in [4.69, 9.17) is 15.9 Å². The SMILES string of the molecule is CCOC(=N)C(C)CCN. The number of rotatable bonds is 4. The minimum atomic E-state index is 0.171. The lowest BCUT2D eigenvalue weighted by molar-refractivity contribution is 0.297. The second-order valence-corrected chi connectivity index (χ2v) is 2.28. The minimum Gasteiger partial charge on any atom is -0.481 e. The van der Waals surface area contributed by atoms with E-state index >= 15 is 0 Å². The molecule has 0 amide bonds. The van der Waals surface area contributed by atoms with Crippen LogP contribution in [0.1, 0.15) is 20.3 Å². The second kappa shape index (κ2) is 5.23. The molecule has 0 aliphatic carbocycles. The van der Waals surface area contributed by atoms with Gasteiger partial charge >= 0.3 is 0 Å². The molecule has 10 heavy (non-hydrogen) atoms. The minimum absolute atomic E-state index is 0.171. The Kier molecular flexibility index (Phi) is 4.94. The number of nitrogens with one attached hydrogen (secondary N) is 1. The molecule has 0 rings (SSSR count). The Hall–Kier alpha value is -0.570. The largest absolute Gasteiger partial charge is 0.481 e. The van der Waals surface area contributed by atoms with Crippen LogP contribution in [0.4, 0.5) is 0 Å². The molecule has 3 heteroatoms. The number of ether oxygens (including phenoxy) is 1. The van der Waals surface area contributed by atoms with E-state index in [1.165, 1.54) is 0 Å². The van der Waals surface area contributed by atoms with Crippen molar-refractivity contribution in [3.8, 4) is 0 Å². The Bertz CT molecular complexity index is 104. The van der Waals surface area contributed by atoms with Crippen LogP contribution < -0.4 is 5.73 Å². The molecule has 0 aromatic rings. The van der Waals surface area contributed by atoms with Crippen LogP contribution >= 0.6 is 0 Å². The molecule has 3 N–H and O–H groups in total. The highest BCUT2D eigenvalue weighted by atomic mass is 16.5. The van der Waals surface area contributed by atoms with Gasteiger partial charge in [-0.25, -0.2) is 0 Å². The second-order valence-electron chi connectivity index (χ2n) is 2.28. The van der Waals surface area contributed by atoms with Gasteiger partial charge in [-0.05, 0) is 19.9 Å². The van der Waals surface area contributed by atoms with Gasteiger partial charge in [0, 0.05) is 5.92 Å². The van der Waals surface area contributed by atoms with Gasteiger partial charge in [-0.15, -0.1) is 0 Å². The van der Waals surface area contributed by atoms with Crippen molar-refractivity contribution in [3.63, 3.8) is 0 Å². The van der Waals surface area contributed by atoms with E-state index in [2.05, 4.69) is 0 Å². The van der Waals surface area contributed by atoms with Crippen LogP contribution in [0.25, 0.3) is 0 Å². The summed E-state index contributed by atoms with van der Waals surface area (Å²) in [6.07, 6.45) is 0.832. The van der Waals surface area contributed by atoms with Gasteiger partial charge in [-0.2, -0.15) is 0 Å². The number of nitrogens with two attached hydrogens (primary N) is 1. The van der Waals surface area contributed by atoms with Crippen LogP contribution in [0.5, 0.6) is 0 Å². The van der Waals surface area contributed by atoms with Crippen molar-refractivity contribution in [2.24, 2.45) is 11.7 Å². The highest BCUT2D eigenvalue weighted by Crippen LogP contribution is 2.02. The summed E-state index contributed by atoms with van der Waals surface area (Å²) in [6, 6.07) is 0. The maximum Gasteiger partial charge on any atom is 0.183 e. The van der Waals surface area contributed by atoms with Crippen molar-refractivity contribution in [2.45, 2.75) is 20.3 Å². The van der Waals surface area contributed by atoms with Crippen LogP contribution in [-0.4, -0.2) is 19.0 Å². The van der Waals surface area contributed by atoms with Crippen molar-refractivity contribution >= 4 is 5.90 Å². The normalized spacial score (nSPS) is 12.7. The third-order valence-electron chi connectivity index (χ3n) is 1.35. The van der Waals surface area contributed by atoms with Crippen molar-refractivity contribution < 1.29 is 4.74 Å². The van der Waals surface area contributed by atoms with E-state index in [0.29, 0.717) is 19.0 Å².